The number of guanidine groups is 1. The van der Waals surface area contributed by atoms with E-state index in [1.54, 1.807) is 28.0 Å². The molecule has 0 aromatic heterocycles. The molecule has 9 nitrogen and oxygen atoms in total. The van der Waals surface area contributed by atoms with Gasteiger partial charge in [0.25, 0.3) is 5.91 Å². The van der Waals surface area contributed by atoms with Gasteiger partial charge in [0.1, 0.15) is 17.4 Å². The van der Waals surface area contributed by atoms with Crippen LogP contribution in [0.25, 0.3) is 0 Å². The summed E-state index contributed by atoms with van der Waals surface area (Å²) in [6, 6.07) is 6.66. The molecule has 0 atom stereocenters. The first kappa shape index (κ1) is 18.5. The third-order valence-electron chi connectivity index (χ3n) is 4.84. The number of nitriles is 1. The summed E-state index contributed by atoms with van der Waals surface area (Å²) in [5.74, 6) is 0.900. The molecule has 27 heavy (non-hydrogen) atoms. The standard InChI is InChI=1S/C18H22N6O3/c1-23(2)16-21-15(25)18(22-16)6-8-24(9-7-18)17(26)20-13-4-5-14(27-3)12(10-13)11-19/h4-5,10H,6-9H2,1-3H3,(H,20,26)(H,21,22,25). The van der Waals surface area contributed by atoms with Crippen molar-refractivity contribution in [3.8, 4) is 11.8 Å². The van der Waals surface area contributed by atoms with Gasteiger partial charge < -0.3 is 19.9 Å². The van der Waals surface area contributed by atoms with Crippen molar-refractivity contribution in [1.82, 2.24) is 15.1 Å². The number of hydrogen-bond acceptors (Lipinski definition) is 6. The first-order valence-corrected chi connectivity index (χ1v) is 8.61. The van der Waals surface area contributed by atoms with Crippen molar-refractivity contribution < 1.29 is 14.3 Å². The van der Waals surface area contributed by atoms with E-state index in [-0.39, 0.29) is 11.9 Å². The molecule has 0 unspecified atom stereocenters. The van der Waals surface area contributed by atoms with Crippen LogP contribution in [0, 0.1) is 11.3 Å². The Labute approximate surface area is 157 Å². The summed E-state index contributed by atoms with van der Waals surface area (Å²) in [5.41, 5.74) is 0.0787. The molecule has 3 amide bonds. The highest BCUT2D eigenvalue weighted by molar-refractivity contribution is 6.07. The lowest BCUT2D eigenvalue weighted by atomic mass is 9.88. The van der Waals surface area contributed by atoms with E-state index in [0.29, 0.717) is 48.9 Å². The number of likely N-dealkylation sites (tertiary alicyclic amines) is 1. The molecule has 1 aromatic carbocycles. The number of benzene rings is 1. The molecule has 3 rings (SSSR count). The van der Waals surface area contributed by atoms with Gasteiger partial charge in [-0.05, 0) is 31.0 Å². The Morgan fingerprint density at radius 3 is 2.67 bits per heavy atom. The number of nitrogens with zero attached hydrogens (tertiary/aromatic N) is 4. The minimum Gasteiger partial charge on any atom is -0.495 e. The number of anilines is 1. The van der Waals surface area contributed by atoms with Crippen LogP contribution in [0.2, 0.25) is 0 Å². The highest BCUT2D eigenvalue weighted by Gasteiger charge is 2.46. The van der Waals surface area contributed by atoms with Crippen LogP contribution in [0.1, 0.15) is 18.4 Å². The fourth-order valence-corrected chi connectivity index (χ4v) is 3.21. The van der Waals surface area contributed by atoms with E-state index in [2.05, 4.69) is 15.6 Å². The quantitative estimate of drug-likeness (QED) is 0.806. The van der Waals surface area contributed by atoms with Crippen LogP contribution < -0.4 is 15.4 Å². The van der Waals surface area contributed by atoms with E-state index in [0.717, 1.165) is 0 Å². The number of amides is 3. The summed E-state index contributed by atoms with van der Waals surface area (Å²) < 4.78 is 5.10. The summed E-state index contributed by atoms with van der Waals surface area (Å²) in [4.78, 5) is 32.9. The number of hydrogen-bond donors (Lipinski definition) is 2. The highest BCUT2D eigenvalue weighted by Crippen LogP contribution is 2.30. The molecule has 2 heterocycles. The number of ether oxygens (including phenoxy) is 1. The largest absolute Gasteiger partial charge is 0.495 e. The van der Waals surface area contributed by atoms with E-state index < -0.39 is 5.54 Å². The molecule has 0 saturated carbocycles. The zero-order chi connectivity index (χ0) is 19.6. The van der Waals surface area contributed by atoms with Crippen molar-refractivity contribution in [2.24, 2.45) is 4.99 Å². The molecule has 1 fully saturated rings. The number of methoxy groups -OCH3 is 1. The van der Waals surface area contributed by atoms with Gasteiger partial charge in [-0.1, -0.05) is 0 Å². The fraction of sp³-hybridized carbons (Fsp3) is 0.444. The summed E-state index contributed by atoms with van der Waals surface area (Å²) in [6.07, 6.45) is 0.936. The molecule has 0 radical (unpaired) electrons. The lowest BCUT2D eigenvalue weighted by molar-refractivity contribution is -0.125. The Morgan fingerprint density at radius 1 is 1.41 bits per heavy atom. The third-order valence-corrected chi connectivity index (χ3v) is 4.84. The van der Waals surface area contributed by atoms with Crippen LogP contribution in [-0.2, 0) is 4.79 Å². The van der Waals surface area contributed by atoms with Gasteiger partial charge in [-0.15, -0.1) is 0 Å². The van der Waals surface area contributed by atoms with Crippen molar-refractivity contribution in [2.45, 2.75) is 18.4 Å². The minimum absolute atomic E-state index is 0.111. The Balaban J connectivity index is 1.64. The molecule has 0 aliphatic carbocycles. The first-order chi connectivity index (χ1) is 12.9. The smallest absolute Gasteiger partial charge is 0.321 e. The fourth-order valence-electron chi connectivity index (χ4n) is 3.21. The zero-order valence-electron chi connectivity index (χ0n) is 15.6. The maximum atomic E-state index is 12.5. The van der Waals surface area contributed by atoms with Gasteiger partial charge in [0, 0.05) is 32.9 Å². The van der Waals surface area contributed by atoms with E-state index in [1.807, 2.05) is 20.2 Å². The van der Waals surface area contributed by atoms with Gasteiger partial charge >= 0.3 is 6.03 Å². The number of urea groups is 1. The van der Waals surface area contributed by atoms with Crippen LogP contribution >= 0.6 is 0 Å². The van der Waals surface area contributed by atoms with Gasteiger partial charge in [0.05, 0.1) is 12.7 Å². The average Bonchev–Trinajstić information content (AvgIpc) is 2.98. The molecule has 142 valence electrons. The number of carbonyl (C=O) groups is 2. The van der Waals surface area contributed by atoms with Crippen LogP contribution in [0.15, 0.2) is 23.2 Å². The Morgan fingerprint density at radius 2 is 2.11 bits per heavy atom. The van der Waals surface area contributed by atoms with Gasteiger partial charge in [-0.2, -0.15) is 5.26 Å². The lowest BCUT2D eigenvalue weighted by Gasteiger charge is -2.35. The Hall–Kier alpha value is -3.28. The maximum absolute atomic E-state index is 12.5. The Kier molecular flexibility index (Phi) is 4.90. The number of carbonyl (C=O) groups excluding carboxylic acids is 2. The van der Waals surface area contributed by atoms with Crippen LogP contribution in [-0.4, -0.2) is 67.5 Å². The van der Waals surface area contributed by atoms with Crippen molar-refractivity contribution >= 4 is 23.6 Å². The van der Waals surface area contributed by atoms with Gasteiger partial charge in [0.15, 0.2) is 0 Å². The van der Waals surface area contributed by atoms with Gasteiger partial charge in [0.2, 0.25) is 5.96 Å². The van der Waals surface area contributed by atoms with E-state index in [9.17, 15) is 9.59 Å². The molecular weight excluding hydrogens is 348 g/mol. The molecule has 9 heteroatoms. The van der Waals surface area contributed by atoms with E-state index >= 15 is 0 Å². The topological polar surface area (TPSA) is 110 Å². The van der Waals surface area contributed by atoms with Gasteiger partial charge in [-0.25, -0.2) is 9.79 Å². The summed E-state index contributed by atoms with van der Waals surface area (Å²) >= 11 is 0. The second-order valence-electron chi connectivity index (χ2n) is 6.76. The minimum atomic E-state index is -0.787. The predicted molar refractivity (Wildman–Crippen MR) is 99.5 cm³/mol. The van der Waals surface area contributed by atoms with E-state index in [1.165, 1.54) is 7.11 Å². The molecule has 0 bridgehead atoms. The second kappa shape index (κ2) is 7.15. The second-order valence-corrected chi connectivity index (χ2v) is 6.76. The number of piperidine rings is 1. The summed E-state index contributed by atoms with van der Waals surface area (Å²) in [5, 5.41) is 14.7. The van der Waals surface area contributed by atoms with E-state index in [4.69, 9.17) is 10.00 Å². The van der Waals surface area contributed by atoms with Crippen molar-refractivity contribution in [3.63, 3.8) is 0 Å². The monoisotopic (exact) mass is 370 g/mol. The van der Waals surface area contributed by atoms with Crippen LogP contribution in [0.4, 0.5) is 10.5 Å². The average molecular weight is 370 g/mol. The summed E-state index contributed by atoms with van der Waals surface area (Å²) in [7, 11) is 5.14. The van der Waals surface area contributed by atoms with Gasteiger partial charge in [-0.3, -0.25) is 10.1 Å². The highest BCUT2D eigenvalue weighted by atomic mass is 16.5. The molecule has 2 N–H and O–H groups in total. The lowest BCUT2D eigenvalue weighted by Crippen LogP contribution is -2.51. The predicted octanol–water partition coefficient (Wildman–Crippen LogP) is 0.981. The number of nitrogens with one attached hydrogen (secondary N) is 2. The third kappa shape index (κ3) is 3.51. The SMILES string of the molecule is COc1ccc(NC(=O)N2CCC3(CC2)N=C(N(C)C)NC3=O)cc1C#N. The van der Waals surface area contributed by atoms with Crippen LogP contribution in [0.5, 0.6) is 5.75 Å². The molecule has 1 aromatic rings. The molecule has 1 spiro atoms. The van der Waals surface area contributed by atoms with Crippen LogP contribution in [0.3, 0.4) is 0 Å². The van der Waals surface area contributed by atoms with Crippen molar-refractivity contribution in [2.75, 3.05) is 39.6 Å². The first-order valence-electron chi connectivity index (χ1n) is 8.61. The normalized spacial score (nSPS) is 17.8. The zero-order valence-corrected chi connectivity index (χ0v) is 15.6. The molecule has 2 aliphatic rings. The maximum Gasteiger partial charge on any atom is 0.321 e. The van der Waals surface area contributed by atoms with Crippen molar-refractivity contribution in [1.29, 1.82) is 5.26 Å². The molecule has 1 saturated heterocycles. The Bertz CT molecular complexity index is 834. The molecule has 2 aliphatic heterocycles. The number of rotatable bonds is 2. The summed E-state index contributed by atoms with van der Waals surface area (Å²) in [6.45, 7) is 0.843. The molecular formula is C18H22N6O3. The van der Waals surface area contributed by atoms with Crippen molar-refractivity contribution in [3.05, 3.63) is 23.8 Å². The number of aliphatic imine (C=N–C) groups is 1.